The van der Waals surface area contributed by atoms with Crippen LogP contribution in [0.25, 0.3) is 0 Å². The molecule has 76 valence electrons. The minimum atomic E-state index is 0.319. The minimum Gasteiger partial charge on any atom is -0.481 e. The van der Waals surface area contributed by atoms with Gasteiger partial charge in [-0.25, -0.2) is 0 Å². The summed E-state index contributed by atoms with van der Waals surface area (Å²) in [5.74, 6) is 0.543. The summed E-state index contributed by atoms with van der Waals surface area (Å²) in [6, 6.07) is 0.319. The lowest BCUT2D eigenvalue weighted by Crippen LogP contribution is -2.03. The largest absolute Gasteiger partial charge is 0.481 e. The minimum absolute atomic E-state index is 0.319. The van der Waals surface area contributed by atoms with Crippen LogP contribution in [0.2, 0.25) is 0 Å². The van der Waals surface area contributed by atoms with Crippen LogP contribution in [0.3, 0.4) is 0 Å². The van der Waals surface area contributed by atoms with Crippen LogP contribution in [-0.2, 0) is 6.42 Å². The zero-order valence-corrected chi connectivity index (χ0v) is 10.2. The number of ether oxygens (including phenoxy) is 2. The lowest BCUT2D eigenvalue weighted by atomic mass is 10.2. The first-order chi connectivity index (χ1) is 6.72. The van der Waals surface area contributed by atoms with E-state index in [1.807, 2.05) is 0 Å². The topological polar surface area (TPSA) is 44.2 Å². The molecule has 1 heterocycles. The molecule has 0 aliphatic carbocycles. The third kappa shape index (κ3) is 2.34. The number of hydrogen-bond donors (Lipinski definition) is 0. The van der Waals surface area contributed by atoms with Crippen molar-refractivity contribution in [1.82, 2.24) is 9.97 Å². The summed E-state index contributed by atoms with van der Waals surface area (Å²) in [6.07, 6.45) is 2.47. The monoisotopic (exact) mass is 306 g/mol. The Balaban J connectivity index is 3.19. The Morgan fingerprint density at radius 1 is 1.36 bits per heavy atom. The Kier molecular flexibility index (Phi) is 4.12. The third-order valence-corrected chi connectivity index (χ3v) is 2.51. The fourth-order valence-electron chi connectivity index (χ4n) is 0.995. The molecule has 1 aromatic heterocycles. The van der Waals surface area contributed by atoms with Gasteiger partial charge in [0.2, 0.25) is 5.88 Å². The summed E-state index contributed by atoms with van der Waals surface area (Å²) in [6.45, 7) is 3.67. The summed E-state index contributed by atoms with van der Waals surface area (Å²) < 4.78 is 10.9. The lowest BCUT2D eigenvalue weighted by Gasteiger charge is -2.08. The van der Waals surface area contributed by atoms with E-state index in [9.17, 15) is 0 Å². The maximum Gasteiger partial charge on any atom is 0.320 e. The van der Waals surface area contributed by atoms with Crippen molar-refractivity contribution < 1.29 is 9.47 Å². The van der Waals surface area contributed by atoms with Crippen LogP contribution in [-0.4, -0.2) is 24.2 Å². The molecular weight excluding hydrogens is 295 g/mol. The SMILES string of the molecule is C=CCc1c(I)nc(OC)nc1OC. The molecule has 0 unspecified atom stereocenters. The first-order valence-corrected chi connectivity index (χ1v) is 5.06. The molecular formula is C9H11IN2O2. The van der Waals surface area contributed by atoms with Gasteiger partial charge in [-0.3, -0.25) is 0 Å². The molecule has 0 amide bonds. The molecule has 5 heteroatoms. The lowest BCUT2D eigenvalue weighted by molar-refractivity contribution is 0.348. The molecule has 0 spiro atoms. The zero-order valence-electron chi connectivity index (χ0n) is 8.08. The second kappa shape index (κ2) is 5.14. The highest BCUT2D eigenvalue weighted by Gasteiger charge is 2.11. The van der Waals surface area contributed by atoms with E-state index in [2.05, 4.69) is 39.1 Å². The summed E-state index contributed by atoms with van der Waals surface area (Å²) >= 11 is 2.12. The van der Waals surface area contributed by atoms with Crippen LogP contribution in [0.5, 0.6) is 11.9 Å². The van der Waals surface area contributed by atoms with E-state index in [1.165, 1.54) is 7.11 Å². The number of halogens is 1. The van der Waals surface area contributed by atoms with Crippen molar-refractivity contribution >= 4 is 22.6 Å². The molecule has 0 fully saturated rings. The van der Waals surface area contributed by atoms with E-state index >= 15 is 0 Å². The molecule has 0 bridgehead atoms. The molecule has 4 nitrogen and oxygen atoms in total. The van der Waals surface area contributed by atoms with Crippen LogP contribution in [0.15, 0.2) is 12.7 Å². The highest BCUT2D eigenvalue weighted by molar-refractivity contribution is 14.1. The number of hydrogen-bond acceptors (Lipinski definition) is 4. The first kappa shape index (κ1) is 11.2. The van der Waals surface area contributed by atoms with Gasteiger partial charge in [-0.15, -0.1) is 6.58 Å². The molecule has 0 saturated heterocycles. The highest BCUT2D eigenvalue weighted by atomic mass is 127. The van der Waals surface area contributed by atoms with Crippen LogP contribution in [0.4, 0.5) is 0 Å². The molecule has 0 atom stereocenters. The van der Waals surface area contributed by atoms with Gasteiger partial charge in [-0.05, 0) is 29.0 Å². The van der Waals surface area contributed by atoms with Crippen LogP contribution < -0.4 is 9.47 Å². The molecule has 14 heavy (non-hydrogen) atoms. The molecule has 0 aromatic carbocycles. The third-order valence-electron chi connectivity index (χ3n) is 1.62. The Bertz CT molecular complexity index is 342. The molecule has 0 saturated carbocycles. The maximum atomic E-state index is 5.14. The summed E-state index contributed by atoms with van der Waals surface area (Å²) in [5.41, 5.74) is 0.934. The van der Waals surface area contributed by atoms with E-state index in [4.69, 9.17) is 9.47 Å². The zero-order chi connectivity index (χ0) is 10.6. The van der Waals surface area contributed by atoms with Gasteiger partial charge < -0.3 is 9.47 Å². The highest BCUT2D eigenvalue weighted by Crippen LogP contribution is 2.23. The maximum absolute atomic E-state index is 5.14. The van der Waals surface area contributed by atoms with Gasteiger partial charge in [0.15, 0.2) is 0 Å². The van der Waals surface area contributed by atoms with Gasteiger partial charge in [0, 0.05) is 0 Å². The van der Waals surface area contributed by atoms with Crippen LogP contribution >= 0.6 is 22.6 Å². The van der Waals surface area contributed by atoms with Crippen molar-refractivity contribution in [1.29, 1.82) is 0 Å². The van der Waals surface area contributed by atoms with E-state index in [-0.39, 0.29) is 0 Å². The van der Waals surface area contributed by atoms with Gasteiger partial charge in [-0.2, -0.15) is 9.97 Å². The average molecular weight is 306 g/mol. The van der Waals surface area contributed by atoms with Crippen molar-refractivity contribution in [3.63, 3.8) is 0 Å². The van der Waals surface area contributed by atoms with Crippen LogP contribution in [0, 0.1) is 3.70 Å². The Morgan fingerprint density at radius 3 is 2.57 bits per heavy atom. The molecule has 1 aromatic rings. The van der Waals surface area contributed by atoms with Crippen molar-refractivity contribution in [3.05, 3.63) is 21.9 Å². The molecule has 0 aliphatic rings. The molecule has 0 N–H and O–H groups in total. The fraction of sp³-hybridized carbons (Fsp3) is 0.333. The standard InChI is InChI=1S/C9H11IN2O2/c1-4-5-6-7(10)11-9(14-3)12-8(6)13-2/h4H,1,5H2,2-3H3. The normalized spacial score (nSPS) is 9.64. The van der Waals surface area contributed by atoms with Crippen molar-refractivity contribution in [2.45, 2.75) is 6.42 Å². The number of nitrogens with zero attached hydrogens (tertiary/aromatic N) is 2. The molecule has 0 radical (unpaired) electrons. The van der Waals surface area contributed by atoms with Gasteiger partial charge in [0.05, 0.1) is 19.8 Å². The summed E-state index contributed by atoms with van der Waals surface area (Å²) in [5, 5.41) is 0. The van der Waals surface area contributed by atoms with Gasteiger partial charge in [0.1, 0.15) is 3.70 Å². The van der Waals surface area contributed by atoms with Crippen molar-refractivity contribution in [2.75, 3.05) is 14.2 Å². The van der Waals surface area contributed by atoms with Crippen molar-refractivity contribution in [3.8, 4) is 11.9 Å². The van der Waals surface area contributed by atoms with Crippen molar-refractivity contribution in [2.24, 2.45) is 0 Å². The number of aromatic nitrogens is 2. The Morgan fingerprint density at radius 2 is 2.07 bits per heavy atom. The fourth-order valence-corrected chi connectivity index (χ4v) is 1.65. The second-order valence-electron chi connectivity index (χ2n) is 2.48. The predicted molar refractivity (Wildman–Crippen MR) is 61.8 cm³/mol. The van der Waals surface area contributed by atoms with Gasteiger partial charge >= 0.3 is 6.01 Å². The quantitative estimate of drug-likeness (QED) is 0.483. The first-order valence-electron chi connectivity index (χ1n) is 3.98. The number of methoxy groups -OCH3 is 2. The van der Waals surface area contributed by atoms with Gasteiger partial charge in [0.25, 0.3) is 0 Å². The Hall–Kier alpha value is -0.850. The van der Waals surface area contributed by atoms with E-state index < -0.39 is 0 Å². The van der Waals surface area contributed by atoms with E-state index in [0.29, 0.717) is 18.3 Å². The second-order valence-corrected chi connectivity index (χ2v) is 3.50. The molecule has 0 aliphatic heterocycles. The smallest absolute Gasteiger partial charge is 0.320 e. The van der Waals surface area contributed by atoms with Gasteiger partial charge in [-0.1, -0.05) is 6.08 Å². The number of allylic oxidation sites excluding steroid dienone is 1. The summed E-state index contributed by atoms with van der Waals surface area (Å²) in [4.78, 5) is 8.23. The number of rotatable bonds is 4. The average Bonchev–Trinajstić information content (AvgIpc) is 2.20. The summed E-state index contributed by atoms with van der Waals surface area (Å²) in [7, 11) is 3.10. The van der Waals surface area contributed by atoms with Crippen LogP contribution in [0.1, 0.15) is 5.56 Å². The predicted octanol–water partition coefficient (Wildman–Crippen LogP) is 1.83. The molecule has 1 rings (SSSR count). The van der Waals surface area contributed by atoms with E-state index in [0.717, 1.165) is 9.26 Å². The Labute approximate surface area is 96.5 Å². The van der Waals surface area contributed by atoms with E-state index in [1.54, 1.807) is 13.2 Å².